The van der Waals surface area contributed by atoms with Crippen molar-refractivity contribution in [2.24, 2.45) is 0 Å². The summed E-state index contributed by atoms with van der Waals surface area (Å²) in [5, 5.41) is 19.5. The van der Waals surface area contributed by atoms with Gasteiger partial charge in [0.25, 0.3) is 0 Å². The van der Waals surface area contributed by atoms with Crippen molar-refractivity contribution in [1.82, 2.24) is 0 Å². The van der Waals surface area contributed by atoms with E-state index in [2.05, 4.69) is 19.1 Å². The fraction of sp³-hybridized carbons (Fsp3) is 0.478. The van der Waals surface area contributed by atoms with Gasteiger partial charge in [-0.25, -0.2) is 0 Å². The number of methoxy groups -OCH3 is 1. The second-order valence-corrected chi connectivity index (χ2v) is 9.51. The minimum absolute atomic E-state index is 0.0669. The van der Waals surface area contributed by atoms with Crippen LogP contribution in [0.4, 0.5) is 0 Å². The molecule has 0 bridgehead atoms. The summed E-state index contributed by atoms with van der Waals surface area (Å²) in [7, 11) is 1.59. The zero-order valence-electron chi connectivity index (χ0n) is 17.3. The van der Waals surface area contributed by atoms with Crippen LogP contribution >= 0.6 is 0 Å². The van der Waals surface area contributed by atoms with E-state index < -0.39 is 21.2 Å². The Bertz CT molecular complexity index is 693. The maximum absolute atomic E-state index is 9.73. The molecular formula is C23H32IO5-. The molecule has 6 heteroatoms. The van der Waals surface area contributed by atoms with Gasteiger partial charge in [0.15, 0.2) is 0 Å². The molecule has 0 amide bonds. The van der Waals surface area contributed by atoms with Crippen molar-refractivity contribution in [3.05, 3.63) is 54.7 Å². The Balaban J connectivity index is 1.86. The van der Waals surface area contributed by atoms with E-state index in [-0.39, 0.29) is 13.2 Å². The summed E-state index contributed by atoms with van der Waals surface area (Å²) in [4.78, 5) is 0. The van der Waals surface area contributed by atoms with Crippen LogP contribution in [0.2, 0.25) is 0 Å². The average molecular weight is 515 g/mol. The number of hydrogen-bond acceptors (Lipinski definition) is 5. The molecule has 0 saturated carbocycles. The quantitative estimate of drug-likeness (QED) is 0.288. The van der Waals surface area contributed by atoms with Gasteiger partial charge in [0, 0.05) is 0 Å². The summed E-state index contributed by atoms with van der Waals surface area (Å²) in [5.74, 6) is 1.52. The minimum atomic E-state index is -0.533. The van der Waals surface area contributed by atoms with Crippen LogP contribution in [0.3, 0.4) is 0 Å². The molecule has 0 fully saturated rings. The van der Waals surface area contributed by atoms with Crippen LogP contribution in [-0.2, 0) is 18.0 Å². The number of hydrogen-bond donors (Lipinski definition) is 2. The molecule has 0 unspecified atom stereocenters. The molecule has 5 nitrogen and oxygen atoms in total. The van der Waals surface area contributed by atoms with Crippen molar-refractivity contribution in [3.63, 3.8) is 0 Å². The Labute approximate surface area is 184 Å². The molecule has 0 saturated heterocycles. The number of aliphatic hydroxyl groups is 2. The van der Waals surface area contributed by atoms with Crippen molar-refractivity contribution in [3.8, 4) is 11.5 Å². The van der Waals surface area contributed by atoms with E-state index in [1.165, 1.54) is 9.99 Å². The van der Waals surface area contributed by atoms with Crippen LogP contribution in [0, 0.1) is 7.14 Å². The van der Waals surface area contributed by atoms with E-state index in [4.69, 9.17) is 14.2 Å². The number of rotatable bonds is 14. The van der Waals surface area contributed by atoms with E-state index in [0.29, 0.717) is 12.4 Å². The van der Waals surface area contributed by atoms with Gasteiger partial charge >= 0.3 is 171 Å². The molecule has 2 aromatic carbocycles. The molecule has 2 rings (SSSR count). The monoisotopic (exact) mass is 515 g/mol. The van der Waals surface area contributed by atoms with Gasteiger partial charge in [0.2, 0.25) is 0 Å². The molecule has 162 valence electrons. The Morgan fingerprint density at radius 3 is 2.03 bits per heavy atom. The molecule has 29 heavy (non-hydrogen) atoms. The third kappa shape index (κ3) is 8.12. The van der Waals surface area contributed by atoms with Crippen LogP contribution in [0.25, 0.3) is 0 Å². The van der Waals surface area contributed by atoms with Crippen LogP contribution in [0.5, 0.6) is 11.5 Å². The first-order valence-corrected chi connectivity index (χ1v) is 12.2. The number of halogens is 1. The standard InChI is InChI=1S/C23H32IO5/c1-3-4-11-28-12-5-6-13-29-21-9-7-20(8-10-21)24-23-18(16-25)14-22(27-2)15-19(23)17-26/h7-10,14-15,25-26H,3-6,11-13,16-17H2,1-2H3/q-1. The molecule has 0 spiro atoms. The van der Waals surface area contributed by atoms with Gasteiger partial charge < -0.3 is 0 Å². The van der Waals surface area contributed by atoms with Gasteiger partial charge in [-0.2, -0.15) is 0 Å². The Morgan fingerprint density at radius 2 is 1.45 bits per heavy atom. The van der Waals surface area contributed by atoms with Crippen molar-refractivity contribution in [2.75, 3.05) is 26.9 Å². The van der Waals surface area contributed by atoms with E-state index >= 15 is 0 Å². The summed E-state index contributed by atoms with van der Waals surface area (Å²) in [6.07, 6.45) is 4.29. The van der Waals surface area contributed by atoms with E-state index in [1.807, 2.05) is 24.3 Å². The van der Waals surface area contributed by atoms with Gasteiger partial charge in [0.05, 0.1) is 0 Å². The van der Waals surface area contributed by atoms with Gasteiger partial charge in [0.1, 0.15) is 0 Å². The Hall–Kier alpha value is -1.35. The normalized spacial score (nSPS) is 11.0. The zero-order valence-corrected chi connectivity index (χ0v) is 19.5. The summed E-state index contributed by atoms with van der Waals surface area (Å²) in [6.45, 7) is 4.37. The second-order valence-electron chi connectivity index (χ2n) is 6.65. The summed E-state index contributed by atoms with van der Waals surface area (Å²) >= 11 is -0.533. The molecular weight excluding hydrogens is 483 g/mol. The summed E-state index contributed by atoms with van der Waals surface area (Å²) in [5.41, 5.74) is 1.64. The van der Waals surface area contributed by atoms with Crippen LogP contribution < -0.4 is 30.7 Å². The van der Waals surface area contributed by atoms with Crippen molar-refractivity contribution in [1.29, 1.82) is 0 Å². The summed E-state index contributed by atoms with van der Waals surface area (Å²) in [6, 6.07) is 11.8. The van der Waals surface area contributed by atoms with E-state index in [9.17, 15) is 10.2 Å². The van der Waals surface area contributed by atoms with Crippen LogP contribution in [0.15, 0.2) is 36.4 Å². The molecule has 2 aromatic rings. The number of ether oxygens (including phenoxy) is 3. The molecule has 0 aliphatic rings. The number of aliphatic hydroxyl groups excluding tert-OH is 2. The first-order chi connectivity index (χ1) is 14.2. The van der Waals surface area contributed by atoms with Crippen molar-refractivity contribution >= 4 is 0 Å². The molecule has 0 aromatic heterocycles. The average Bonchev–Trinajstić information content (AvgIpc) is 2.76. The predicted octanol–water partition coefficient (Wildman–Crippen LogP) is 0.784. The topological polar surface area (TPSA) is 68.2 Å². The Kier molecular flexibility index (Phi) is 11.4. The molecule has 0 aliphatic carbocycles. The van der Waals surface area contributed by atoms with Crippen LogP contribution in [-0.4, -0.2) is 37.1 Å². The van der Waals surface area contributed by atoms with Gasteiger partial charge in [-0.15, -0.1) is 0 Å². The SMILES string of the molecule is CCCCOCCCCOc1ccc([I-]c2c(CO)cc(OC)cc2CO)cc1. The van der Waals surface area contributed by atoms with Crippen LogP contribution in [0.1, 0.15) is 43.7 Å². The third-order valence-corrected chi connectivity index (χ3v) is 7.65. The van der Waals surface area contributed by atoms with E-state index in [0.717, 1.165) is 52.9 Å². The maximum atomic E-state index is 9.73. The first-order valence-electron chi connectivity index (χ1n) is 10.1. The first kappa shape index (κ1) is 23.9. The molecule has 2 N–H and O–H groups in total. The van der Waals surface area contributed by atoms with Crippen molar-refractivity contribution in [2.45, 2.75) is 45.8 Å². The molecule has 0 aliphatic heterocycles. The predicted molar refractivity (Wildman–Crippen MR) is 109 cm³/mol. The van der Waals surface area contributed by atoms with E-state index in [1.54, 1.807) is 7.11 Å². The third-order valence-electron chi connectivity index (χ3n) is 4.38. The second kappa shape index (κ2) is 13.8. The number of benzene rings is 2. The number of unbranched alkanes of at least 4 members (excludes halogenated alkanes) is 2. The zero-order chi connectivity index (χ0) is 20.9. The molecule has 0 radical (unpaired) electrons. The fourth-order valence-corrected chi connectivity index (χ4v) is 5.42. The molecule has 0 heterocycles. The van der Waals surface area contributed by atoms with Gasteiger partial charge in [-0.05, 0) is 0 Å². The summed E-state index contributed by atoms with van der Waals surface area (Å²) < 4.78 is 18.9. The molecule has 0 atom stereocenters. The van der Waals surface area contributed by atoms with Gasteiger partial charge in [-0.3, -0.25) is 0 Å². The van der Waals surface area contributed by atoms with Crippen molar-refractivity contribution < 1.29 is 45.6 Å². The van der Waals surface area contributed by atoms with Gasteiger partial charge in [-0.1, -0.05) is 13.3 Å². The Morgan fingerprint density at radius 1 is 0.828 bits per heavy atom. The fourth-order valence-electron chi connectivity index (χ4n) is 2.73.